The van der Waals surface area contributed by atoms with Gasteiger partial charge in [0.05, 0.1) is 9.40 Å². The first-order chi connectivity index (χ1) is 17.7. The fourth-order valence-corrected chi connectivity index (χ4v) is 7.62. The Hall–Kier alpha value is -3.20. The largest absolute Gasteiger partial charge is 0.134 e. The first-order valence-electron chi connectivity index (χ1n) is 12.9. The minimum absolute atomic E-state index is 0.505. The maximum absolute atomic E-state index is 2.38. The van der Waals surface area contributed by atoms with Gasteiger partial charge >= 0.3 is 0 Å². The molecule has 6 rings (SSSR count). The van der Waals surface area contributed by atoms with Crippen molar-refractivity contribution in [2.75, 3.05) is 0 Å². The van der Waals surface area contributed by atoms with Gasteiger partial charge in [-0.05, 0) is 59.6 Å². The summed E-state index contributed by atoms with van der Waals surface area (Å²) in [5, 5.41) is 2.76. The lowest BCUT2D eigenvalue weighted by Crippen LogP contribution is -1.95. The lowest BCUT2D eigenvalue weighted by atomic mass is 9.95. The van der Waals surface area contributed by atoms with Crippen molar-refractivity contribution in [3.05, 3.63) is 113 Å². The Morgan fingerprint density at radius 1 is 0.722 bits per heavy atom. The van der Waals surface area contributed by atoms with E-state index in [1.54, 1.807) is 0 Å². The molecule has 0 fully saturated rings. The maximum atomic E-state index is 2.38. The maximum Gasteiger partial charge on any atom is 0.0542 e. The molecule has 1 atom stereocenters. The molecule has 0 aliphatic heterocycles. The van der Waals surface area contributed by atoms with E-state index < -0.39 is 0 Å². The third-order valence-corrected chi connectivity index (χ3v) is 9.64. The third-order valence-electron chi connectivity index (χ3n) is 7.14. The minimum Gasteiger partial charge on any atom is -0.134 e. The highest BCUT2D eigenvalue weighted by atomic mass is 32.1. The standard InChI is InChI=1S/C34H30S2/c1-3-23-5-9-25(10-6-23)13-15-27-17-19-29-31(21-27)35-34-30-20-18-28(22-32(30)36-33(29)34)16-14-26-11-7-24(4-2)8-12-26/h5-11,13-22,26H,3-4,12H2,1-2H3/b15-13+,16-14+. The topological polar surface area (TPSA) is 0 Å². The molecule has 0 N–H and O–H groups in total. The Kier molecular flexibility index (Phi) is 6.48. The summed E-state index contributed by atoms with van der Waals surface area (Å²) in [6.07, 6.45) is 19.4. The quantitative estimate of drug-likeness (QED) is 0.203. The molecule has 1 unspecified atom stereocenters. The Balaban J connectivity index is 1.25. The Morgan fingerprint density at radius 2 is 1.33 bits per heavy atom. The van der Waals surface area contributed by atoms with Crippen molar-refractivity contribution in [1.82, 2.24) is 0 Å². The highest BCUT2D eigenvalue weighted by molar-refractivity contribution is 7.36. The van der Waals surface area contributed by atoms with E-state index in [-0.39, 0.29) is 0 Å². The van der Waals surface area contributed by atoms with Gasteiger partial charge < -0.3 is 0 Å². The van der Waals surface area contributed by atoms with Gasteiger partial charge in [-0.2, -0.15) is 0 Å². The number of thiophene rings is 2. The number of allylic oxidation sites excluding steroid dienone is 5. The van der Waals surface area contributed by atoms with Crippen LogP contribution in [-0.2, 0) is 6.42 Å². The molecule has 0 radical (unpaired) electrons. The molecule has 1 aliphatic carbocycles. The second kappa shape index (κ2) is 10.0. The second-order valence-electron chi connectivity index (χ2n) is 9.55. The predicted molar refractivity (Wildman–Crippen MR) is 164 cm³/mol. The number of benzene rings is 3. The van der Waals surface area contributed by atoms with E-state index in [4.69, 9.17) is 0 Å². The van der Waals surface area contributed by atoms with Crippen LogP contribution in [-0.4, -0.2) is 0 Å². The van der Waals surface area contributed by atoms with Gasteiger partial charge in [-0.15, -0.1) is 22.7 Å². The summed E-state index contributed by atoms with van der Waals surface area (Å²) in [5.41, 5.74) is 6.63. The number of rotatable bonds is 6. The molecule has 0 nitrogen and oxygen atoms in total. The van der Waals surface area contributed by atoms with Crippen LogP contribution < -0.4 is 0 Å². The van der Waals surface area contributed by atoms with E-state index in [0.717, 1.165) is 19.3 Å². The van der Waals surface area contributed by atoms with E-state index >= 15 is 0 Å². The molecular formula is C34H30S2. The Morgan fingerprint density at radius 3 is 1.92 bits per heavy atom. The van der Waals surface area contributed by atoms with Crippen molar-refractivity contribution in [2.45, 2.75) is 33.1 Å². The summed E-state index contributed by atoms with van der Waals surface area (Å²) < 4.78 is 5.59. The monoisotopic (exact) mass is 502 g/mol. The van der Waals surface area contributed by atoms with Gasteiger partial charge in [-0.25, -0.2) is 0 Å². The second-order valence-corrected chi connectivity index (χ2v) is 11.7. The van der Waals surface area contributed by atoms with Crippen LogP contribution in [0.15, 0.2) is 90.5 Å². The zero-order valence-electron chi connectivity index (χ0n) is 20.8. The third kappa shape index (κ3) is 4.64. The molecule has 0 bridgehead atoms. The summed E-state index contributed by atoms with van der Waals surface area (Å²) >= 11 is 3.86. The lowest BCUT2D eigenvalue weighted by molar-refractivity contribution is 0.810. The Bertz CT molecular complexity index is 1670. The minimum atomic E-state index is 0.505. The van der Waals surface area contributed by atoms with Crippen molar-refractivity contribution < 1.29 is 0 Å². The molecule has 5 aromatic rings. The summed E-state index contributed by atoms with van der Waals surface area (Å²) in [7, 11) is 0. The van der Waals surface area contributed by atoms with E-state index in [1.807, 2.05) is 22.7 Å². The van der Waals surface area contributed by atoms with Gasteiger partial charge in [0.15, 0.2) is 0 Å². The van der Waals surface area contributed by atoms with E-state index in [9.17, 15) is 0 Å². The normalized spacial score (nSPS) is 16.3. The van der Waals surface area contributed by atoms with Crippen LogP contribution in [0.25, 0.3) is 47.8 Å². The van der Waals surface area contributed by atoms with Crippen LogP contribution in [0.4, 0.5) is 0 Å². The van der Waals surface area contributed by atoms with Gasteiger partial charge in [0.1, 0.15) is 0 Å². The number of hydrogen-bond acceptors (Lipinski definition) is 2. The average Bonchev–Trinajstić information content (AvgIpc) is 3.46. The molecule has 2 heterocycles. The fourth-order valence-electron chi connectivity index (χ4n) is 4.87. The average molecular weight is 503 g/mol. The molecule has 2 aromatic heterocycles. The summed E-state index contributed by atoms with van der Waals surface area (Å²) in [4.78, 5) is 0. The first kappa shape index (κ1) is 23.2. The Labute approximate surface area is 221 Å². The molecule has 0 saturated carbocycles. The molecule has 0 spiro atoms. The van der Waals surface area contributed by atoms with Crippen molar-refractivity contribution in [2.24, 2.45) is 5.92 Å². The first-order valence-corrected chi connectivity index (χ1v) is 14.5. The molecule has 0 amide bonds. The van der Waals surface area contributed by atoms with Gasteiger partial charge in [0.25, 0.3) is 0 Å². The molecule has 0 saturated heterocycles. The van der Waals surface area contributed by atoms with Crippen molar-refractivity contribution in [3.8, 4) is 0 Å². The van der Waals surface area contributed by atoms with Crippen LogP contribution in [0.3, 0.4) is 0 Å². The summed E-state index contributed by atoms with van der Waals surface area (Å²) in [6.45, 7) is 4.42. The van der Waals surface area contributed by atoms with Crippen molar-refractivity contribution in [1.29, 1.82) is 0 Å². The van der Waals surface area contributed by atoms with Crippen LogP contribution >= 0.6 is 22.7 Å². The zero-order valence-corrected chi connectivity index (χ0v) is 22.5. The van der Waals surface area contributed by atoms with E-state index in [1.165, 1.54) is 57.4 Å². The molecule has 36 heavy (non-hydrogen) atoms. The summed E-state index contributed by atoms with van der Waals surface area (Å²) in [5.74, 6) is 0.505. The SMILES string of the molecule is CCC1=CCC(/C=C/c2ccc3c(c2)sc2c4ccc(/C=C/c5ccc(CC)cc5)cc4sc32)C=C1. The van der Waals surface area contributed by atoms with Crippen molar-refractivity contribution in [3.63, 3.8) is 0 Å². The van der Waals surface area contributed by atoms with Crippen molar-refractivity contribution >= 4 is 70.5 Å². The van der Waals surface area contributed by atoms with Crippen LogP contribution in [0.5, 0.6) is 0 Å². The highest BCUT2D eigenvalue weighted by Gasteiger charge is 2.12. The fraction of sp³-hybridized carbons (Fsp3) is 0.176. The molecular weight excluding hydrogens is 473 g/mol. The van der Waals surface area contributed by atoms with Crippen LogP contribution in [0.2, 0.25) is 0 Å². The molecule has 2 heteroatoms. The number of fused-ring (bicyclic) bond motifs is 5. The predicted octanol–water partition coefficient (Wildman–Crippen LogP) is 10.9. The van der Waals surface area contributed by atoms with Gasteiger partial charge in [-0.3, -0.25) is 0 Å². The smallest absolute Gasteiger partial charge is 0.0542 e. The molecule has 3 aromatic carbocycles. The summed E-state index contributed by atoms with van der Waals surface area (Å²) in [6, 6.07) is 22.7. The van der Waals surface area contributed by atoms with Crippen LogP contribution in [0.1, 0.15) is 48.9 Å². The van der Waals surface area contributed by atoms with Crippen LogP contribution in [0, 0.1) is 5.92 Å². The number of aryl methyl sites for hydroxylation is 1. The lowest BCUT2D eigenvalue weighted by Gasteiger charge is -2.11. The molecule has 178 valence electrons. The van der Waals surface area contributed by atoms with Gasteiger partial charge in [0.2, 0.25) is 0 Å². The van der Waals surface area contributed by atoms with E-state index in [2.05, 4.69) is 117 Å². The van der Waals surface area contributed by atoms with E-state index in [0.29, 0.717) is 5.92 Å². The van der Waals surface area contributed by atoms with Gasteiger partial charge in [0, 0.05) is 20.2 Å². The highest BCUT2D eigenvalue weighted by Crippen LogP contribution is 2.44. The van der Waals surface area contributed by atoms with Gasteiger partial charge in [-0.1, -0.05) is 110 Å². The molecule has 1 aliphatic rings. The zero-order chi connectivity index (χ0) is 24.5. The number of hydrogen-bond donors (Lipinski definition) is 0.